The zero-order valence-electron chi connectivity index (χ0n) is 19.4. The van der Waals surface area contributed by atoms with Crippen LogP contribution in [0.25, 0.3) is 0 Å². The topological polar surface area (TPSA) is 118 Å². The van der Waals surface area contributed by atoms with E-state index in [1.165, 1.54) is 12.1 Å². The number of benzene rings is 2. The van der Waals surface area contributed by atoms with Crippen molar-refractivity contribution in [3.05, 3.63) is 82.6 Å². The molecule has 1 unspecified atom stereocenters. The first-order valence-corrected chi connectivity index (χ1v) is 11.3. The van der Waals surface area contributed by atoms with Gasteiger partial charge in [0.05, 0.1) is 17.7 Å². The lowest BCUT2D eigenvalue weighted by atomic mass is 9.95. The molecule has 1 aromatic heterocycles. The fourth-order valence-corrected chi connectivity index (χ4v) is 3.89. The van der Waals surface area contributed by atoms with E-state index in [4.69, 9.17) is 9.84 Å². The van der Waals surface area contributed by atoms with Gasteiger partial charge in [-0.25, -0.2) is 13.9 Å². The summed E-state index contributed by atoms with van der Waals surface area (Å²) in [6, 6.07) is 11.6. The fraction of sp³-hybridized carbons (Fsp3) is 0.280. The molecule has 1 aliphatic heterocycles. The van der Waals surface area contributed by atoms with Gasteiger partial charge in [-0.3, -0.25) is 4.79 Å². The lowest BCUT2D eigenvalue weighted by Gasteiger charge is -2.28. The highest BCUT2D eigenvalue weighted by Gasteiger charge is 2.34. The molecular weight excluding hydrogens is 453 g/mol. The Hall–Kier alpha value is -4.05. The summed E-state index contributed by atoms with van der Waals surface area (Å²) < 4.78 is 20.2. The van der Waals surface area contributed by atoms with E-state index >= 15 is 0 Å². The van der Waals surface area contributed by atoms with E-state index in [1.807, 2.05) is 0 Å². The normalized spacial score (nSPS) is 14.8. The number of fused-ring (bicyclic) bond motifs is 1. The summed E-state index contributed by atoms with van der Waals surface area (Å²) in [5.74, 6) is -0.227. The van der Waals surface area contributed by atoms with Gasteiger partial charge in [0.25, 0.3) is 5.91 Å². The Balaban J connectivity index is 1.66. The molecule has 2 aromatic carbocycles. The largest absolute Gasteiger partial charge is 0.462 e. The van der Waals surface area contributed by atoms with Crippen LogP contribution in [0.4, 0.5) is 16.0 Å². The van der Waals surface area contributed by atoms with Crippen molar-refractivity contribution < 1.29 is 23.8 Å². The molecule has 0 radical (unpaired) electrons. The number of aryl methyl sites for hydroxylation is 1. The van der Waals surface area contributed by atoms with Gasteiger partial charge in [-0.1, -0.05) is 12.1 Å². The maximum absolute atomic E-state index is 13.7. The van der Waals surface area contributed by atoms with Gasteiger partial charge in [0.2, 0.25) is 5.95 Å². The van der Waals surface area contributed by atoms with E-state index in [0.29, 0.717) is 52.7 Å². The third-order valence-corrected chi connectivity index (χ3v) is 5.54. The first kappa shape index (κ1) is 24.1. The van der Waals surface area contributed by atoms with Gasteiger partial charge in [0.15, 0.2) is 5.82 Å². The van der Waals surface area contributed by atoms with Gasteiger partial charge in [0, 0.05) is 24.4 Å². The van der Waals surface area contributed by atoms with Crippen LogP contribution in [0.2, 0.25) is 0 Å². The molecule has 1 aliphatic rings. The minimum atomic E-state index is -0.652. The number of carbonyl (C=O) groups is 2. The third-order valence-electron chi connectivity index (χ3n) is 5.54. The Morgan fingerprint density at radius 2 is 1.89 bits per heavy atom. The standard InChI is InChI=1S/C25H26FN5O4/c1-3-35-24(34)17-8-12-19(13-9-17)28-23(33)21-15(2)27-25-29-20(5-4-14-32)30-31(25)22(21)16-6-10-18(26)11-7-16/h6-13,22,32H,3-5,14H2,1-2H3,(H,28,33)(H,27,29,30). The number of rotatable bonds is 8. The van der Waals surface area contributed by atoms with E-state index in [9.17, 15) is 14.0 Å². The van der Waals surface area contributed by atoms with E-state index in [-0.39, 0.29) is 19.1 Å². The number of hydrogen-bond acceptors (Lipinski definition) is 7. The number of halogens is 1. The van der Waals surface area contributed by atoms with E-state index in [1.54, 1.807) is 54.9 Å². The second-order valence-corrected chi connectivity index (χ2v) is 7.99. The van der Waals surface area contributed by atoms with Crippen molar-refractivity contribution in [1.29, 1.82) is 0 Å². The van der Waals surface area contributed by atoms with Crippen molar-refractivity contribution in [3.63, 3.8) is 0 Å². The van der Waals surface area contributed by atoms with Crippen molar-refractivity contribution in [2.24, 2.45) is 0 Å². The Kier molecular flexibility index (Phi) is 7.21. The summed E-state index contributed by atoms with van der Waals surface area (Å²) in [6.45, 7) is 3.78. The quantitative estimate of drug-likeness (QED) is 0.424. The van der Waals surface area contributed by atoms with Gasteiger partial charge in [-0.15, -0.1) is 0 Å². The zero-order chi connectivity index (χ0) is 24.9. The molecule has 0 saturated carbocycles. The second kappa shape index (κ2) is 10.5. The third kappa shape index (κ3) is 5.22. The number of aromatic nitrogens is 3. The number of aliphatic hydroxyl groups is 1. The fourth-order valence-electron chi connectivity index (χ4n) is 3.89. The molecule has 3 aromatic rings. The lowest BCUT2D eigenvalue weighted by Crippen LogP contribution is -2.31. The number of anilines is 2. The van der Waals surface area contributed by atoms with E-state index < -0.39 is 17.8 Å². The molecule has 0 aliphatic carbocycles. The van der Waals surface area contributed by atoms with Crippen molar-refractivity contribution in [3.8, 4) is 0 Å². The van der Waals surface area contributed by atoms with Crippen molar-refractivity contribution in [1.82, 2.24) is 14.8 Å². The number of nitrogens with zero attached hydrogens (tertiary/aromatic N) is 3. The first-order valence-electron chi connectivity index (χ1n) is 11.3. The number of allylic oxidation sites excluding steroid dienone is 1. The average molecular weight is 480 g/mol. The molecule has 10 heteroatoms. The predicted octanol–water partition coefficient (Wildman–Crippen LogP) is 3.45. The molecule has 0 saturated heterocycles. The Morgan fingerprint density at radius 3 is 2.54 bits per heavy atom. The van der Waals surface area contributed by atoms with Crippen LogP contribution in [0, 0.1) is 5.82 Å². The van der Waals surface area contributed by atoms with Gasteiger partial charge in [-0.2, -0.15) is 10.1 Å². The highest BCUT2D eigenvalue weighted by Crippen LogP contribution is 2.35. The number of esters is 1. The smallest absolute Gasteiger partial charge is 0.338 e. The number of hydrogen-bond donors (Lipinski definition) is 3. The molecule has 0 fully saturated rings. The summed E-state index contributed by atoms with van der Waals surface area (Å²) in [6.07, 6.45) is 0.980. The van der Waals surface area contributed by atoms with Crippen molar-refractivity contribution >= 4 is 23.5 Å². The number of ether oxygens (including phenoxy) is 1. The van der Waals surface area contributed by atoms with E-state index in [0.717, 1.165) is 0 Å². The van der Waals surface area contributed by atoms with Crippen LogP contribution < -0.4 is 10.6 Å². The Morgan fingerprint density at radius 1 is 1.17 bits per heavy atom. The van der Waals surface area contributed by atoms with Gasteiger partial charge < -0.3 is 20.5 Å². The summed E-state index contributed by atoms with van der Waals surface area (Å²) in [7, 11) is 0. The second-order valence-electron chi connectivity index (χ2n) is 7.99. The predicted molar refractivity (Wildman–Crippen MR) is 127 cm³/mol. The summed E-state index contributed by atoms with van der Waals surface area (Å²) >= 11 is 0. The Labute approximate surface area is 201 Å². The van der Waals surface area contributed by atoms with Crippen LogP contribution in [0.15, 0.2) is 59.8 Å². The molecule has 182 valence electrons. The Bertz CT molecular complexity index is 1250. The van der Waals surface area contributed by atoms with E-state index in [2.05, 4.69) is 20.7 Å². The lowest BCUT2D eigenvalue weighted by molar-refractivity contribution is -0.113. The summed E-state index contributed by atoms with van der Waals surface area (Å²) in [4.78, 5) is 29.9. The van der Waals surface area contributed by atoms with Crippen molar-refractivity contribution in [2.75, 3.05) is 23.8 Å². The maximum atomic E-state index is 13.7. The molecule has 1 amide bonds. The maximum Gasteiger partial charge on any atom is 0.338 e. The SMILES string of the molecule is CCOC(=O)c1ccc(NC(=O)C2=C(C)Nc3nc(CCCO)nn3C2c2ccc(F)cc2)cc1. The highest BCUT2D eigenvalue weighted by atomic mass is 19.1. The number of carbonyl (C=O) groups excluding carboxylic acids is 2. The van der Waals surface area contributed by atoms with Crippen LogP contribution in [0.1, 0.15) is 48.1 Å². The summed E-state index contributed by atoms with van der Waals surface area (Å²) in [5, 5.41) is 19.7. The highest BCUT2D eigenvalue weighted by molar-refractivity contribution is 6.06. The first-order chi connectivity index (χ1) is 16.9. The average Bonchev–Trinajstić information content (AvgIpc) is 3.25. The van der Waals surface area contributed by atoms with Gasteiger partial charge >= 0.3 is 5.97 Å². The molecular formula is C25H26FN5O4. The molecule has 0 bridgehead atoms. The molecule has 1 atom stereocenters. The van der Waals surface area contributed by atoms with Crippen LogP contribution in [0.3, 0.4) is 0 Å². The molecule has 4 rings (SSSR count). The van der Waals surface area contributed by atoms with Crippen LogP contribution in [-0.2, 0) is 16.0 Å². The minimum Gasteiger partial charge on any atom is -0.462 e. The molecule has 0 spiro atoms. The number of nitrogens with one attached hydrogen (secondary N) is 2. The number of aliphatic hydroxyl groups excluding tert-OH is 1. The van der Waals surface area contributed by atoms with Crippen molar-refractivity contribution in [2.45, 2.75) is 32.7 Å². The molecule has 35 heavy (non-hydrogen) atoms. The zero-order valence-corrected chi connectivity index (χ0v) is 19.4. The van der Waals surface area contributed by atoms with Gasteiger partial charge in [-0.05, 0) is 62.2 Å². The van der Waals surface area contributed by atoms with Gasteiger partial charge in [0.1, 0.15) is 11.9 Å². The van der Waals surface area contributed by atoms with Crippen LogP contribution in [-0.4, -0.2) is 45.0 Å². The minimum absolute atomic E-state index is 0.0125. The van der Waals surface area contributed by atoms with Crippen LogP contribution in [0.5, 0.6) is 0 Å². The molecule has 3 N–H and O–H groups in total. The summed E-state index contributed by atoms with van der Waals surface area (Å²) in [5.41, 5.74) is 2.50. The van der Waals surface area contributed by atoms with Crippen LogP contribution >= 0.6 is 0 Å². The monoisotopic (exact) mass is 479 g/mol. The number of amides is 1. The molecule has 2 heterocycles. The molecule has 9 nitrogen and oxygen atoms in total.